The molecule has 0 aliphatic rings. The predicted molar refractivity (Wildman–Crippen MR) is 138 cm³/mol. The van der Waals surface area contributed by atoms with E-state index in [4.69, 9.17) is 65.6 Å². The summed E-state index contributed by atoms with van der Waals surface area (Å²) in [6.45, 7) is 0. The van der Waals surface area contributed by atoms with Crippen LogP contribution in [0.5, 0.6) is 11.5 Å². The van der Waals surface area contributed by atoms with Gasteiger partial charge in [0.25, 0.3) is 0 Å². The summed E-state index contributed by atoms with van der Waals surface area (Å²) in [6, 6.07) is 12.6. The molecule has 0 saturated heterocycles. The summed E-state index contributed by atoms with van der Waals surface area (Å²) in [6.07, 6.45) is 2.63. The number of oxime groups is 2. The summed E-state index contributed by atoms with van der Waals surface area (Å²) < 4.78 is 10.2. The summed E-state index contributed by atoms with van der Waals surface area (Å²) in [4.78, 5) is 34.5. The van der Waals surface area contributed by atoms with Crippen molar-refractivity contribution >= 4 is 70.8 Å². The van der Waals surface area contributed by atoms with Crippen molar-refractivity contribution in [2.24, 2.45) is 10.3 Å². The number of halogens is 4. The lowest BCUT2D eigenvalue weighted by Crippen LogP contribution is -2.05. The molecular formula is C24H16Cl4N2O6. The molecule has 0 aromatic heterocycles. The van der Waals surface area contributed by atoms with Crippen molar-refractivity contribution in [3.8, 4) is 11.5 Å². The quantitative estimate of drug-likeness (QED) is 0.170. The van der Waals surface area contributed by atoms with E-state index < -0.39 is 11.9 Å². The zero-order valence-electron chi connectivity index (χ0n) is 18.6. The monoisotopic (exact) mass is 568 g/mol. The Labute approximate surface area is 225 Å². The van der Waals surface area contributed by atoms with E-state index in [-0.39, 0.29) is 42.7 Å². The molecule has 12 heteroatoms. The molecule has 0 aliphatic carbocycles. The number of carbonyl (C=O) groups is 2. The molecule has 3 aromatic carbocycles. The fourth-order valence-electron chi connectivity index (χ4n) is 2.88. The van der Waals surface area contributed by atoms with Crippen molar-refractivity contribution in [2.45, 2.75) is 0 Å². The Bertz CT molecular complexity index is 1240. The van der Waals surface area contributed by atoms with Crippen molar-refractivity contribution in [1.82, 2.24) is 0 Å². The van der Waals surface area contributed by atoms with Gasteiger partial charge in [-0.3, -0.25) is 0 Å². The molecule has 3 rings (SSSR count). The van der Waals surface area contributed by atoms with Gasteiger partial charge in [0.2, 0.25) is 0 Å². The second-order valence-electron chi connectivity index (χ2n) is 6.77. The molecule has 0 saturated carbocycles. The SMILES string of the molecule is COc1c(Cl)ccc(Cl)c1C(=O)ON=Cc1ccc(/C=N/OC(=O)c2c(Cl)ccc(Cl)c2OC)cc1. The van der Waals surface area contributed by atoms with Crippen LogP contribution >= 0.6 is 46.4 Å². The largest absolute Gasteiger partial charge is 0.494 e. The molecule has 0 N–H and O–H groups in total. The second kappa shape index (κ2) is 12.6. The van der Waals surface area contributed by atoms with Crippen molar-refractivity contribution in [3.63, 3.8) is 0 Å². The van der Waals surface area contributed by atoms with E-state index in [1.54, 1.807) is 24.3 Å². The molecule has 0 aliphatic heterocycles. The maximum atomic E-state index is 12.4. The van der Waals surface area contributed by atoms with Crippen LogP contribution in [-0.4, -0.2) is 38.6 Å². The Morgan fingerprint density at radius 3 is 1.28 bits per heavy atom. The van der Waals surface area contributed by atoms with Crippen LogP contribution in [0.4, 0.5) is 0 Å². The van der Waals surface area contributed by atoms with Crippen LogP contribution in [-0.2, 0) is 9.68 Å². The summed E-state index contributed by atoms with van der Waals surface area (Å²) in [7, 11) is 2.71. The predicted octanol–water partition coefficient (Wildman–Crippen LogP) is 6.70. The lowest BCUT2D eigenvalue weighted by Gasteiger charge is -2.09. The third-order valence-electron chi connectivity index (χ3n) is 4.55. The Kier molecular flexibility index (Phi) is 9.55. The van der Waals surface area contributed by atoms with Crippen LogP contribution in [0.3, 0.4) is 0 Å². The minimum Gasteiger partial charge on any atom is -0.494 e. The minimum atomic E-state index is -0.836. The van der Waals surface area contributed by atoms with E-state index in [2.05, 4.69) is 10.3 Å². The number of nitrogens with zero attached hydrogens (tertiary/aromatic N) is 2. The number of hydrogen-bond acceptors (Lipinski definition) is 8. The van der Waals surface area contributed by atoms with E-state index in [1.165, 1.54) is 50.9 Å². The number of hydrogen-bond donors (Lipinski definition) is 0. The van der Waals surface area contributed by atoms with Gasteiger partial charge in [-0.25, -0.2) is 9.59 Å². The molecular weight excluding hydrogens is 554 g/mol. The average molecular weight is 570 g/mol. The highest BCUT2D eigenvalue weighted by molar-refractivity contribution is 6.37. The molecule has 0 fully saturated rings. The van der Waals surface area contributed by atoms with Gasteiger partial charge < -0.3 is 19.1 Å². The van der Waals surface area contributed by atoms with E-state index >= 15 is 0 Å². The number of rotatable bonds is 8. The van der Waals surface area contributed by atoms with Gasteiger partial charge in [-0.05, 0) is 35.4 Å². The van der Waals surface area contributed by atoms with Crippen LogP contribution in [0.15, 0.2) is 58.8 Å². The minimum absolute atomic E-state index is 0.0402. The number of ether oxygens (including phenoxy) is 2. The molecule has 0 bridgehead atoms. The number of methoxy groups -OCH3 is 2. The first kappa shape index (κ1) is 27.3. The van der Waals surface area contributed by atoms with Gasteiger partial charge in [-0.15, -0.1) is 0 Å². The van der Waals surface area contributed by atoms with Gasteiger partial charge in [0, 0.05) is 0 Å². The van der Waals surface area contributed by atoms with Crippen LogP contribution in [0, 0.1) is 0 Å². The van der Waals surface area contributed by atoms with E-state index in [0.717, 1.165) is 0 Å². The summed E-state index contributed by atoms with van der Waals surface area (Å²) in [5.41, 5.74) is 1.14. The molecule has 0 radical (unpaired) electrons. The average Bonchev–Trinajstić information content (AvgIpc) is 2.87. The first-order chi connectivity index (χ1) is 17.3. The Morgan fingerprint density at radius 2 is 0.944 bits per heavy atom. The van der Waals surface area contributed by atoms with E-state index in [0.29, 0.717) is 11.1 Å². The van der Waals surface area contributed by atoms with Crippen LogP contribution in [0.25, 0.3) is 0 Å². The molecule has 0 amide bonds. The number of carbonyl (C=O) groups excluding carboxylic acids is 2. The van der Waals surface area contributed by atoms with Crippen molar-refractivity contribution in [3.05, 3.63) is 90.9 Å². The van der Waals surface area contributed by atoms with Gasteiger partial charge in [-0.1, -0.05) is 81.0 Å². The Hall–Kier alpha value is -3.30. The number of benzene rings is 3. The normalized spacial score (nSPS) is 11.1. The van der Waals surface area contributed by atoms with Crippen LogP contribution < -0.4 is 9.47 Å². The van der Waals surface area contributed by atoms with E-state index in [9.17, 15) is 9.59 Å². The molecule has 186 valence electrons. The molecule has 0 spiro atoms. The standard InChI is InChI=1S/C24H16Cl4N2O6/c1-33-21-17(27)9-7-15(25)19(21)23(31)35-29-11-13-3-5-14(6-4-13)12-30-36-24(32)20-16(26)8-10-18(28)22(20)34-2/h3-12H,1-2H3/b29-11+,30-12?. The van der Waals surface area contributed by atoms with E-state index in [1.807, 2.05) is 0 Å². The van der Waals surface area contributed by atoms with Crippen molar-refractivity contribution < 1.29 is 28.7 Å². The van der Waals surface area contributed by atoms with Crippen molar-refractivity contribution in [1.29, 1.82) is 0 Å². The molecule has 0 heterocycles. The summed E-state index contributed by atoms with van der Waals surface area (Å²) in [5, 5.41) is 7.97. The van der Waals surface area contributed by atoms with Crippen LogP contribution in [0.2, 0.25) is 20.1 Å². The van der Waals surface area contributed by atoms with Gasteiger partial charge in [-0.2, -0.15) is 0 Å². The van der Waals surface area contributed by atoms with Gasteiger partial charge >= 0.3 is 11.9 Å². The van der Waals surface area contributed by atoms with Gasteiger partial charge in [0.15, 0.2) is 11.5 Å². The highest BCUT2D eigenvalue weighted by Gasteiger charge is 2.22. The molecule has 8 nitrogen and oxygen atoms in total. The highest BCUT2D eigenvalue weighted by atomic mass is 35.5. The van der Waals surface area contributed by atoms with Gasteiger partial charge in [0.1, 0.15) is 11.1 Å². The topological polar surface area (TPSA) is 95.8 Å². The van der Waals surface area contributed by atoms with Crippen molar-refractivity contribution in [2.75, 3.05) is 14.2 Å². The zero-order valence-corrected chi connectivity index (χ0v) is 21.7. The third-order valence-corrected chi connectivity index (χ3v) is 5.77. The highest BCUT2D eigenvalue weighted by Crippen LogP contribution is 2.35. The second-order valence-corrected chi connectivity index (χ2v) is 8.40. The zero-order chi connectivity index (χ0) is 26.2. The maximum absolute atomic E-state index is 12.4. The van der Waals surface area contributed by atoms with Crippen LogP contribution in [0.1, 0.15) is 31.8 Å². The smallest absolute Gasteiger partial charge is 0.371 e. The first-order valence-electron chi connectivity index (χ1n) is 9.90. The first-order valence-corrected chi connectivity index (χ1v) is 11.4. The fourth-order valence-corrected chi connectivity index (χ4v) is 3.80. The fraction of sp³-hybridized carbons (Fsp3) is 0.0833. The summed E-state index contributed by atoms with van der Waals surface area (Å²) in [5.74, 6) is -1.50. The maximum Gasteiger partial charge on any atom is 0.371 e. The molecule has 0 unspecified atom stereocenters. The molecule has 0 atom stereocenters. The third kappa shape index (κ3) is 6.47. The molecule has 36 heavy (non-hydrogen) atoms. The lowest BCUT2D eigenvalue weighted by atomic mass is 10.2. The van der Waals surface area contributed by atoms with Gasteiger partial charge in [0.05, 0.1) is 46.7 Å². The Morgan fingerprint density at radius 1 is 0.611 bits per heavy atom. The Balaban J connectivity index is 1.61. The lowest BCUT2D eigenvalue weighted by molar-refractivity contribution is 0.0506. The molecule has 3 aromatic rings. The summed E-state index contributed by atoms with van der Waals surface area (Å²) >= 11 is 24.2.